The highest BCUT2D eigenvalue weighted by molar-refractivity contribution is 5.73. The average Bonchev–Trinajstić information content (AvgIpc) is 3.31. The van der Waals surface area contributed by atoms with Gasteiger partial charge in [0.1, 0.15) is 6.10 Å². The van der Waals surface area contributed by atoms with Crippen LogP contribution in [0.25, 0.3) is 0 Å². The predicted molar refractivity (Wildman–Crippen MR) is 109 cm³/mol. The SMILES string of the molecule is O=C(Cc1ccccc1)OC[C@H]1CCN2CC[C@@H](OC(=O)Cc3ccccc3)[C@@H]12. The summed E-state index contributed by atoms with van der Waals surface area (Å²) in [7, 11) is 0. The molecule has 0 saturated carbocycles. The van der Waals surface area contributed by atoms with Crippen LogP contribution in [0.5, 0.6) is 0 Å². The maximum Gasteiger partial charge on any atom is 0.310 e. The van der Waals surface area contributed by atoms with Gasteiger partial charge >= 0.3 is 11.9 Å². The number of carbonyl (C=O) groups excluding carboxylic acids is 2. The molecule has 0 unspecified atom stereocenters. The second-order valence-corrected chi connectivity index (χ2v) is 7.90. The summed E-state index contributed by atoms with van der Waals surface area (Å²) in [5.74, 6) is -0.174. The number of fused-ring (bicyclic) bond motifs is 1. The van der Waals surface area contributed by atoms with Crippen LogP contribution >= 0.6 is 0 Å². The summed E-state index contributed by atoms with van der Waals surface area (Å²) in [4.78, 5) is 27.0. The fraction of sp³-hybridized carbons (Fsp3) is 0.417. The van der Waals surface area contributed by atoms with Gasteiger partial charge < -0.3 is 9.47 Å². The lowest BCUT2D eigenvalue weighted by atomic mass is 9.97. The van der Waals surface area contributed by atoms with E-state index in [1.54, 1.807) is 0 Å². The highest BCUT2D eigenvalue weighted by atomic mass is 16.5. The fourth-order valence-corrected chi connectivity index (χ4v) is 4.51. The Balaban J connectivity index is 1.29. The van der Waals surface area contributed by atoms with Crippen molar-refractivity contribution < 1.29 is 19.1 Å². The summed E-state index contributed by atoms with van der Waals surface area (Å²) in [6.45, 7) is 2.29. The standard InChI is InChI=1S/C24H27NO4/c26-22(15-18-7-3-1-4-8-18)28-17-20-11-13-25-14-12-21(24(20)25)29-23(27)16-19-9-5-2-6-10-19/h1-10,20-21,24H,11-17H2/t20-,21-,24-/m1/s1. The molecule has 5 heteroatoms. The monoisotopic (exact) mass is 393 g/mol. The molecule has 2 heterocycles. The smallest absolute Gasteiger partial charge is 0.310 e. The number of esters is 2. The van der Waals surface area contributed by atoms with E-state index in [1.165, 1.54) is 0 Å². The van der Waals surface area contributed by atoms with E-state index < -0.39 is 0 Å². The van der Waals surface area contributed by atoms with E-state index in [0.29, 0.717) is 13.0 Å². The highest BCUT2D eigenvalue weighted by Crippen LogP contribution is 2.35. The first kappa shape index (κ1) is 19.6. The van der Waals surface area contributed by atoms with Crippen molar-refractivity contribution in [2.24, 2.45) is 5.92 Å². The molecule has 5 nitrogen and oxygen atoms in total. The number of rotatable bonds is 7. The van der Waals surface area contributed by atoms with Crippen molar-refractivity contribution in [3.05, 3.63) is 71.8 Å². The van der Waals surface area contributed by atoms with E-state index in [-0.39, 0.29) is 36.4 Å². The van der Waals surface area contributed by atoms with Gasteiger partial charge in [0, 0.05) is 12.5 Å². The average molecular weight is 393 g/mol. The zero-order valence-corrected chi connectivity index (χ0v) is 16.5. The lowest BCUT2D eigenvalue weighted by Crippen LogP contribution is -2.38. The van der Waals surface area contributed by atoms with E-state index in [4.69, 9.17) is 9.47 Å². The molecule has 0 spiro atoms. The third-order valence-corrected chi connectivity index (χ3v) is 5.90. The molecule has 29 heavy (non-hydrogen) atoms. The Kier molecular flexibility index (Phi) is 6.25. The van der Waals surface area contributed by atoms with Crippen molar-refractivity contribution in [3.8, 4) is 0 Å². The van der Waals surface area contributed by atoms with Crippen LogP contribution in [0.4, 0.5) is 0 Å². The van der Waals surface area contributed by atoms with Gasteiger partial charge in [0.2, 0.25) is 0 Å². The Morgan fingerprint density at radius 3 is 2.07 bits per heavy atom. The first-order valence-electron chi connectivity index (χ1n) is 10.4. The zero-order chi connectivity index (χ0) is 20.1. The van der Waals surface area contributed by atoms with Gasteiger partial charge in [-0.3, -0.25) is 14.5 Å². The van der Waals surface area contributed by atoms with Crippen molar-refractivity contribution >= 4 is 11.9 Å². The molecule has 2 aromatic carbocycles. The molecule has 0 N–H and O–H groups in total. The predicted octanol–water partition coefficient (Wildman–Crippen LogP) is 3.02. The highest BCUT2D eigenvalue weighted by Gasteiger charge is 2.46. The number of ether oxygens (including phenoxy) is 2. The summed E-state index contributed by atoms with van der Waals surface area (Å²) in [5.41, 5.74) is 1.92. The fourth-order valence-electron chi connectivity index (χ4n) is 4.51. The van der Waals surface area contributed by atoms with Crippen molar-refractivity contribution in [1.29, 1.82) is 0 Å². The van der Waals surface area contributed by atoms with Gasteiger partial charge in [-0.25, -0.2) is 0 Å². The molecular formula is C24H27NO4. The Labute approximate surface area is 171 Å². The maximum atomic E-state index is 12.4. The van der Waals surface area contributed by atoms with Gasteiger partial charge in [0.05, 0.1) is 25.5 Å². The summed E-state index contributed by atoms with van der Waals surface area (Å²) < 4.78 is 11.4. The van der Waals surface area contributed by atoms with Gasteiger partial charge in [0.25, 0.3) is 0 Å². The maximum absolute atomic E-state index is 12.4. The lowest BCUT2D eigenvalue weighted by molar-refractivity contribution is -0.152. The Bertz CT molecular complexity index is 823. The van der Waals surface area contributed by atoms with Crippen LogP contribution in [0, 0.1) is 5.92 Å². The van der Waals surface area contributed by atoms with Gasteiger partial charge in [-0.2, -0.15) is 0 Å². The Morgan fingerprint density at radius 1 is 0.828 bits per heavy atom. The van der Waals surface area contributed by atoms with Gasteiger partial charge in [-0.15, -0.1) is 0 Å². The van der Waals surface area contributed by atoms with Crippen LogP contribution in [0.2, 0.25) is 0 Å². The minimum Gasteiger partial charge on any atom is -0.465 e. The van der Waals surface area contributed by atoms with Crippen LogP contribution in [-0.2, 0) is 31.9 Å². The number of hydrogen-bond acceptors (Lipinski definition) is 5. The molecular weight excluding hydrogens is 366 g/mol. The molecule has 3 atom stereocenters. The van der Waals surface area contributed by atoms with Crippen LogP contribution in [0.15, 0.2) is 60.7 Å². The summed E-state index contributed by atoms with van der Waals surface area (Å²) in [5, 5.41) is 0. The second kappa shape index (κ2) is 9.23. The Hall–Kier alpha value is -2.66. The van der Waals surface area contributed by atoms with E-state index in [9.17, 15) is 9.59 Å². The van der Waals surface area contributed by atoms with Crippen LogP contribution in [-0.4, -0.2) is 48.7 Å². The molecule has 0 aliphatic carbocycles. The first-order valence-corrected chi connectivity index (χ1v) is 10.4. The molecule has 152 valence electrons. The quantitative estimate of drug-likeness (QED) is 0.677. The molecule has 2 aromatic rings. The summed E-state index contributed by atoms with van der Waals surface area (Å²) >= 11 is 0. The number of hydrogen-bond donors (Lipinski definition) is 0. The van der Waals surface area contributed by atoms with E-state index >= 15 is 0 Å². The summed E-state index contributed by atoms with van der Waals surface area (Å²) in [6.07, 6.45) is 2.28. The number of carbonyl (C=O) groups is 2. The number of benzene rings is 2. The van der Waals surface area contributed by atoms with Gasteiger partial charge in [0.15, 0.2) is 0 Å². The third-order valence-electron chi connectivity index (χ3n) is 5.90. The minimum atomic E-state index is -0.203. The molecule has 0 aromatic heterocycles. The molecule has 2 aliphatic heterocycles. The van der Waals surface area contributed by atoms with Crippen LogP contribution in [0.1, 0.15) is 24.0 Å². The first-order chi connectivity index (χ1) is 14.2. The van der Waals surface area contributed by atoms with Gasteiger partial charge in [-0.05, 0) is 30.5 Å². The topological polar surface area (TPSA) is 55.8 Å². The molecule has 2 aliphatic rings. The Morgan fingerprint density at radius 2 is 1.41 bits per heavy atom. The van der Waals surface area contributed by atoms with Crippen molar-refractivity contribution in [2.45, 2.75) is 37.8 Å². The van der Waals surface area contributed by atoms with E-state index in [2.05, 4.69) is 4.90 Å². The van der Waals surface area contributed by atoms with Crippen LogP contribution in [0.3, 0.4) is 0 Å². The molecule has 0 amide bonds. The molecule has 2 saturated heterocycles. The van der Waals surface area contributed by atoms with E-state index in [1.807, 2.05) is 60.7 Å². The van der Waals surface area contributed by atoms with Crippen molar-refractivity contribution in [3.63, 3.8) is 0 Å². The molecule has 0 bridgehead atoms. The molecule has 0 radical (unpaired) electrons. The summed E-state index contributed by atoms with van der Waals surface area (Å²) in [6, 6.07) is 19.4. The largest absolute Gasteiger partial charge is 0.465 e. The van der Waals surface area contributed by atoms with E-state index in [0.717, 1.165) is 37.1 Å². The van der Waals surface area contributed by atoms with Crippen LogP contribution < -0.4 is 0 Å². The zero-order valence-electron chi connectivity index (χ0n) is 16.5. The lowest BCUT2D eigenvalue weighted by Gasteiger charge is -2.26. The second-order valence-electron chi connectivity index (χ2n) is 7.90. The molecule has 4 rings (SSSR count). The minimum absolute atomic E-state index is 0.119. The van der Waals surface area contributed by atoms with Crippen molar-refractivity contribution in [2.75, 3.05) is 19.7 Å². The van der Waals surface area contributed by atoms with Gasteiger partial charge in [-0.1, -0.05) is 60.7 Å². The third kappa shape index (κ3) is 5.04. The molecule has 2 fully saturated rings. The normalized spacial score (nSPS) is 23.5. The van der Waals surface area contributed by atoms with Crippen molar-refractivity contribution in [1.82, 2.24) is 4.90 Å². The number of nitrogens with zero attached hydrogens (tertiary/aromatic N) is 1.